The third-order valence-corrected chi connectivity index (χ3v) is 10.9. The first-order chi connectivity index (χ1) is 28.0. The predicted octanol–water partition coefficient (Wildman–Crippen LogP) is 13.2. The molecule has 0 aromatic rings. The number of nitrogens with zero attached hydrogens (tertiary/aromatic N) is 1. The number of phosphoric acid groups is 1. The summed E-state index contributed by atoms with van der Waals surface area (Å²) < 4.78 is 23.5. The minimum absolute atomic E-state index is 0.0528. The normalized spacial score (nSPS) is 14.9. The van der Waals surface area contributed by atoms with Gasteiger partial charge in [-0.05, 0) is 70.6 Å². The summed E-state index contributed by atoms with van der Waals surface area (Å²) in [7, 11) is 1.54. The first-order valence-electron chi connectivity index (χ1n) is 23.3. The average molecular weight is 834 g/mol. The molecule has 0 aliphatic heterocycles. The lowest BCUT2D eigenvalue weighted by atomic mass is 10.0. The number of hydrogen-bond donors (Lipinski definition) is 3. The SMILES string of the molecule is CC/C=C\C/C=C\C/C=C\C/C=C\CCCCCCCCCCCCCCC(=O)NC(COP(=O)(O)OCC[N+](C)(C)C)C(O)/C=C/CC/C=C/CCCCCCC. The third kappa shape index (κ3) is 42.1. The van der Waals surface area contributed by atoms with Gasteiger partial charge in [0.2, 0.25) is 5.91 Å². The molecule has 0 bridgehead atoms. The Labute approximate surface area is 357 Å². The molecule has 3 N–H and O–H groups in total. The van der Waals surface area contributed by atoms with Gasteiger partial charge in [-0.1, -0.05) is 177 Å². The van der Waals surface area contributed by atoms with E-state index in [1.165, 1.54) is 96.3 Å². The van der Waals surface area contributed by atoms with E-state index in [4.69, 9.17) is 9.05 Å². The molecule has 0 aromatic heterocycles. The van der Waals surface area contributed by atoms with Crippen molar-refractivity contribution in [1.29, 1.82) is 0 Å². The van der Waals surface area contributed by atoms with Crippen LogP contribution < -0.4 is 5.32 Å². The number of nitrogens with one attached hydrogen (secondary N) is 1. The number of aliphatic hydroxyl groups excluding tert-OH is 1. The van der Waals surface area contributed by atoms with Gasteiger partial charge in [-0.2, -0.15) is 0 Å². The maximum atomic E-state index is 12.9. The van der Waals surface area contributed by atoms with Gasteiger partial charge in [0.25, 0.3) is 0 Å². The van der Waals surface area contributed by atoms with Crippen molar-refractivity contribution in [2.75, 3.05) is 40.9 Å². The van der Waals surface area contributed by atoms with E-state index in [0.717, 1.165) is 64.2 Å². The topological polar surface area (TPSA) is 105 Å². The Morgan fingerprint density at radius 1 is 0.603 bits per heavy atom. The molecule has 336 valence electrons. The highest BCUT2D eigenvalue weighted by Gasteiger charge is 2.27. The molecule has 9 heteroatoms. The van der Waals surface area contributed by atoms with Crippen molar-refractivity contribution in [2.45, 2.75) is 193 Å². The van der Waals surface area contributed by atoms with Gasteiger partial charge in [-0.15, -0.1) is 0 Å². The van der Waals surface area contributed by atoms with Crippen LogP contribution in [0.15, 0.2) is 72.9 Å². The Hall–Kier alpha value is -2.06. The van der Waals surface area contributed by atoms with Crippen LogP contribution in [0.1, 0.15) is 181 Å². The molecule has 0 aliphatic carbocycles. The fourth-order valence-electron chi connectivity index (χ4n) is 6.22. The highest BCUT2D eigenvalue weighted by molar-refractivity contribution is 7.47. The van der Waals surface area contributed by atoms with Gasteiger partial charge in [0.1, 0.15) is 13.2 Å². The Kier molecular flexibility index (Phi) is 38.9. The van der Waals surface area contributed by atoms with E-state index in [1.807, 2.05) is 27.2 Å². The summed E-state index contributed by atoms with van der Waals surface area (Å²) in [5, 5.41) is 13.8. The lowest BCUT2D eigenvalue weighted by Crippen LogP contribution is -2.45. The summed E-state index contributed by atoms with van der Waals surface area (Å²) in [5.74, 6) is -0.194. The van der Waals surface area contributed by atoms with E-state index in [9.17, 15) is 19.4 Å². The molecular formula is C49H90N2O6P+. The average Bonchev–Trinajstić information content (AvgIpc) is 3.17. The number of phosphoric ester groups is 1. The number of carbonyl (C=O) groups excluding carboxylic acids is 1. The second-order valence-corrected chi connectivity index (χ2v) is 18.2. The van der Waals surface area contributed by atoms with Crippen molar-refractivity contribution in [3.05, 3.63) is 72.9 Å². The van der Waals surface area contributed by atoms with Gasteiger partial charge in [0.05, 0.1) is 39.9 Å². The summed E-state index contributed by atoms with van der Waals surface area (Å²) >= 11 is 0. The zero-order valence-electron chi connectivity index (χ0n) is 38.0. The second kappa shape index (κ2) is 40.4. The molecule has 0 fully saturated rings. The maximum absolute atomic E-state index is 12.9. The first-order valence-corrected chi connectivity index (χ1v) is 24.8. The van der Waals surface area contributed by atoms with E-state index in [1.54, 1.807) is 6.08 Å². The zero-order valence-corrected chi connectivity index (χ0v) is 38.9. The number of rotatable bonds is 41. The van der Waals surface area contributed by atoms with Crippen molar-refractivity contribution in [3.63, 3.8) is 0 Å². The van der Waals surface area contributed by atoms with Crippen molar-refractivity contribution in [3.8, 4) is 0 Å². The summed E-state index contributed by atoms with van der Waals surface area (Å²) in [5.41, 5.74) is 0. The molecule has 0 aromatic carbocycles. The van der Waals surface area contributed by atoms with Crippen LogP contribution in [0, 0.1) is 0 Å². The Balaban J connectivity index is 4.26. The van der Waals surface area contributed by atoms with Gasteiger partial charge >= 0.3 is 7.82 Å². The van der Waals surface area contributed by atoms with Crippen LogP contribution in [-0.2, 0) is 18.4 Å². The molecule has 0 rings (SSSR count). The molecule has 0 spiro atoms. The number of hydrogen-bond acceptors (Lipinski definition) is 5. The van der Waals surface area contributed by atoms with Crippen molar-refractivity contribution >= 4 is 13.7 Å². The number of carbonyl (C=O) groups is 1. The number of unbranched alkanes of at least 4 members (excludes halogenated alkanes) is 18. The summed E-state index contributed by atoms with van der Waals surface area (Å²) in [6, 6.07) is -0.865. The van der Waals surface area contributed by atoms with Crippen LogP contribution in [0.25, 0.3) is 0 Å². The van der Waals surface area contributed by atoms with Crippen molar-refractivity contribution < 1.29 is 32.9 Å². The zero-order chi connectivity index (χ0) is 42.8. The molecule has 3 atom stereocenters. The Morgan fingerprint density at radius 2 is 1.05 bits per heavy atom. The molecule has 8 nitrogen and oxygen atoms in total. The number of likely N-dealkylation sites (N-methyl/N-ethyl adjacent to an activating group) is 1. The fraction of sp³-hybridized carbons (Fsp3) is 0.735. The van der Waals surface area contributed by atoms with Gasteiger partial charge in [-0.25, -0.2) is 4.57 Å². The summed E-state index contributed by atoms with van der Waals surface area (Å²) in [4.78, 5) is 23.1. The summed E-state index contributed by atoms with van der Waals surface area (Å²) in [6.45, 7) is 4.64. The molecule has 58 heavy (non-hydrogen) atoms. The van der Waals surface area contributed by atoms with Crippen LogP contribution in [0.5, 0.6) is 0 Å². The van der Waals surface area contributed by atoms with E-state index >= 15 is 0 Å². The standard InChI is InChI=1S/C49H89N2O6P/c1-6-8-10-12-14-16-18-19-20-21-22-23-24-25-26-27-28-29-30-31-33-35-37-39-41-43-49(53)50-47(46-57-58(54,55)56-45-44-51(3,4)5)48(52)42-40-38-36-34-32-17-15-13-11-9-7-2/h8,10,14,16,19-20,22-23,32,34,40,42,47-48,52H,6-7,9,11-13,15,17-18,21,24-31,33,35-39,41,43-46H2,1-5H3,(H-,50,53,54,55)/p+1/b10-8-,16-14-,20-19-,23-22-,34-32+,42-40+. The highest BCUT2D eigenvalue weighted by Crippen LogP contribution is 2.43. The number of quaternary nitrogens is 1. The van der Waals surface area contributed by atoms with Crippen LogP contribution in [0.4, 0.5) is 0 Å². The van der Waals surface area contributed by atoms with E-state index < -0.39 is 20.0 Å². The number of allylic oxidation sites excluding steroid dienone is 11. The lowest BCUT2D eigenvalue weighted by molar-refractivity contribution is -0.870. The monoisotopic (exact) mass is 834 g/mol. The molecule has 0 radical (unpaired) electrons. The number of aliphatic hydroxyl groups is 1. The molecule has 0 aliphatic rings. The minimum atomic E-state index is -4.35. The molecule has 3 unspecified atom stereocenters. The molecule has 0 heterocycles. The predicted molar refractivity (Wildman–Crippen MR) is 249 cm³/mol. The fourth-order valence-corrected chi connectivity index (χ4v) is 6.96. The van der Waals surface area contributed by atoms with Crippen LogP contribution in [0.3, 0.4) is 0 Å². The van der Waals surface area contributed by atoms with Crippen molar-refractivity contribution in [1.82, 2.24) is 5.32 Å². The van der Waals surface area contributed by atoms with Crippen LogP contribution in [0.2, 0.25) is 0 Å². The van der Waals surface area contributed by atoms with Gasteiger partial charge in [-0.3, -0.25) is 13.8 Å². The largest absolute Gasteiger partial charge is 0.472 e. The molecule has 0 saturated heterocycles. The van der Waals surface area contributed by atoms with E-state index in [-0.39, 0.29) is 19.1 Å². The minimum Gasteiger partial charge on any atom is -0.387 e. The van der Waals surface area contributed by atoms with Gasteiger partial charge < -0.3 is 19.8 Å². The molecule has 1 amide bonds. The second-order valence-electron chi connectivity index (χ2n) is 16.7. The van der Waals surface area contributed by atoms with Crippen LogP contribution in [-0.4, -0.2) is 73.4 Å². The van der Waals surface area contributed by atoms with Crippen molar-refractivity contribution in [2.24, 2.45) is 0 Å². The van der Waals surface area contributed by atoms with Gasteiger partial charge in [0, 0.05) is 6.42 Å². The molecular weight excluding hydrogens is 744 g/mol. The third-order valence-electron chi connectivity index (χ3n) is 9.91. The first kappa shape index (κ1) is 55.9. The maximum Gasteiger partial charge on any atom is 0.472 e. The molecule has 0 saturated carbocycles. The highest BCUT2D eigenvalue weighted by atomic mass is 31.2. The quantitative estimate of drug-likeness (QED) is 0.0245. The van der Waals surface area contributed by atoms with Gasteiger partial charge in [0.15, 0.2) is 0 Å². The Morgan fingerprint density at radius 3 is 1.59 bits per heavy atom. The Bertz CT molecular complexity index is 1170. The lowest BCUT2D eigenvalue weighted by Gasteiger charge is -2.25. The van der Waals surface area contributed by atoms with Crippen LogP contribution >= 0.6 is 7.82 Å². The van der Waals surface area contributed by atoms with E-state index in [2.05, 4.69) is 79.9 Å². The number of amides is 1. The van der Waals surface area contributed by atoms with E-state index in [0.29, 0.717) is 17.4 Å². The smallest absolute Gasteiger partial charge is 0.387 e. The summed E-state index contributed by atoms with van der Waals surface area (Å²) in [6.07, 6.45) is 54.1.